The Morgan fingerprint density at radius 3 is 1.79 bits per heavy atom. The van der Waals surface area contributed by atoms with Gasteiger partial charge in [-0.3, -0.25) is 4.79 Å². The smallest absolute Gasteiger partial charge is 0.425 e. The molecular formula is C41H44F7N3O7. The van der Waals surface area contributed by atoms with Gasteiger partial charge in [-0.1, -0.05) is 61.0 Å². The summed E-state index contributed by atoms with van der Waals surface area (Å²) in [6.45, 7) is -3.22. The molecule has 2 atom stereocenters. The number of aryl methyl sites for hydroxylation is 3. The number of halogens is 7. The highest BCUT2D eigenvalue weighted by atomic mass is 19.4. The van der Waals surface area contributed by atoms with Crippen LogP contribution in [0.15, 0.2) is 78.9 Å². The fraction of sp³-hybridized carbons (Fsp3) is 0.390. The zero-order chi connectivity index (χ0) is 42.8. The molecule has 17 heteroatoms. The van der Waals surface area contributed by atoms with Crippen LogP contribution < -0.4 is 20.9 Å². The molecule has 0 saturated carbocycles. The highest BCUT2D eigenvalue weighted by Gasteiger charge is 2.73. The second kappa shape index (κ2) is 19.6. The van der Waals surface area contributed by atoms with Crippen molar-refractivity contribution in [2.75, 3.05) is 26.8 Å². The van der Waals surface area contributed by atoms with E-state index < -0.39 is 67.7 Å². The van der Waals surface area contributed by atoms with Crippen LogP contribution in [0.25, 0.3) is 21.9 Å². The predicted octanol–water partition coefficient (Wildman–Crippen LogP) is 6.14. The van der Waals surface area contributed by atoms with Crippen LogP contribution in [0.3, 0.4) is 0 Å². The van der Waals surface area contributed by atoms with Gasteiger partial charge >= 0.3 is 30.0 Å². The molecule has 4 aromatic carbocycles. The van der Waals surface area contributed by atoms with Crippen LogP contribution in [0.2, 0.25) is 0 Å². The van der Waals surface area contributed by atoms with Crippen molar-refractivity contribution >= 4 is 28.6 Å². The Hall–Kier alpha value is -5.10. The fourth-order valence-electron chi connectivity index (χ4n) is 6.03. The molecule has 0 heterocycles. The molecule has 0 aromatic heterocycles. The Morgan fingerprint density at radius 1 is 0.690 bits per heavy atom. The number of aliphatic hydroxyl groups excluding tert-OH is 2. The molecule has 4 aromatic rings. The molecule has 1 amide bonds. The number of fused-ring (bicyclic) bond motifs is 1. The Bertz CT molecular complexity index is 2030. The quantitative estimate of drug-likeness (QED) is 0.0377. The maximum absolute atomic E-state index is 13.7. The van der Waals surface area contributed by atoms with Gasteiger partial charge in [0.05, 0.1) is 19.8 Å². The summed E-state index contributed by atoms with van der Waals surface area (Å²) in [6, 6.07) is 20.6. The van der Waals surface area contributed by atoms with E-state index in [9.17, 15) is 50.2 Å². The third kappa shape index (κ3) is 11.5. The van der Waals surface area contributed by atoms with E-state index in [1.165, 1.54) is 0 Å². The van der Waals surface area contributed by atoms with Crippen molar-refractivity contribution in [1.82, 2.24) is 4.90 Å². The number of unbranched alkanes of at least 4 members (excludes halogenated alkanes) is 2. The van der Waals surface area contributed by atoms with E-state index in [1.807, 2.05) is 30.3 Å². The van der Waals surface area contributed by atoms with Gasteiger partial charge in [0.1, 0.15) is 23.6 Å². The SMILES string of the molecule is CN(CC(F)(F)C(F)(F)C(F)(F)F)C(=O)CCc1ccc(CCCCCc2c(-c3ccc(OC(=O)[C@@H](N)CO)cc3)ccc3cc(OC(=O)[C@@H](N)CO)ccc23)cc1. The lowest BCUT2D eigenvalue weighted by atomic mass is 9.90. The van der Waals surface area contributed by atoms with Crippen molar-refractivity contribution in [2.24, 2.45) is 11.5 Å². The van der Waals surface area contributed by atoms with Gasteiger partial charge in [-0.2, -0.15) is 30.7 Å². The van der Waals surface area contributed by atoms with E-state index >= 15 is 0 Å². The zero-order valence-electron chi connectivity index (χ0n) is 31.4. The number of esters is 2. The molecule has 10 nitrogen and oxygen atoms in total. The Kier molecular flexibility index (Phi) is 15.4. The first kappa shape index (κ1) is 45.6. The lowest BCUT2D eigenvalue weighted by Crippen LogP contribution is -2.57. The third-order valence-electron chi connectivity index (χ3n) is 9.42. The van der Waals surface area contributed by atoms with Crippen LogP contribution in [0, 0.1) is 0 Å². The van der Waals surface area contributed by atoms with Gasteiger partial charge in [0, 0.05) is 13.5 Å². The Morgan fingerprint density at radius 2 is 1.22 bits per heavy atom. The van der Waals surface area contributed by atoms with Gasteiger partial charge in [0.25, 0.3) is 0 Å². The van der Waals surface area contributed by atoms with Crippen LogP contribution in [0.4, 0.5) is 30.7 Å². The number of nitrogens with zero attached hydrogens (tertiary/aromatic N) is 1. The first-order valence-electron chi connectivity index (χ1n) is 18.2. The molecular weight excluding hydrogens is 779 g/mol. The second-order valence-corrected chi connectivity index (χ2v) is 13.8. The normalized spacial score (nSPS) is 13.2. The second-order valence-electron chi connectivity index (χ2n) is 13.8. The monoisotopic (exact) mass is 823 g/mol. The molecule has 0 spiro atoms. The number of rotatable bonds is 19. The molecule has 0 saturated heterocycles. The van der Waals surface area contributed by atoms with Crippen LogP contribution in [0.5, 0.6) is 11.5 Å². The number of carbonyl (C=O) groups is 3. The first-order chi connectivity index (χ1) is 27.3. The molecule has 0 radical (unpaired) electrons. The molecule has 6 N–H and O–H groups in total. The number of amides is 1. The van der Waals surface area contributed by atoms with Crippen LogP contribution >= 0.6 is 0 Å². The van der Waals surface area contributed by atoms with Crippen molar-refractivity contribution in [3.05, 3.63) is 95.6 Å². The van der Waals surface area contributed by atoms with Gasteiger partial charge in [-0.05, 0) is 95.0 Å². The van der Waals surface area contributed by atoms with E-state index in [-0.39, 0.29) is 29.2 Å². The number of alkyl halides is 7. The maximum Gasteiger partial charge on any atom is 0.459 e. The lowest BCUT2D eigenvalue weighted by Gasteiger charge is -2.31. The highest BCUT2D eigenvalue weighted by molar-refractivity contribution is 5.93. The average Bonchev–Trinajstić information content (AvgIpc) is 3.19. The number of hydrogen-bond acceptors (Lipinski definition) is 9. The first-order valence-corrected chi connectivity index (χ1v) is 18.2. The zero-order valence-corrected chi connectivity index (χ0v) is 31.4. The van der Waals surface area contributed by atoms with Gasteiger partial charge in [0.2, 0.25) is 5.91 Å². The molecule has 58 heavy (non-hydrogen) atoms. The van der Waals surface area contributed by atoms with Crippen molar-refractivity contribution in [2.45, 2.75) is 75.1 Å². The predicted molar refractivity (Wildman–Crippen MR) is 200 cm³/mol. The Balaban J connectivity index is 1.38. The van der Waals surface area contributed by atoms with Crippen molar-refractivity contribution in [3.63, 3.8) is 0 Å². The summed E-state index contributed by atoms with van der Waals surface area (Å²) >= 11 is 0. The van der Waals surface area contributed by atoms with E-state index in [4.69, 9.17) is 26.0 Å². The highest BCUT2D eigenvalue weighted by Crippen LogP contribution is 2.46. The Labute approximate surface area is 329 Å². The van der Waals surface area contributed by atoms with Gasteiger partial charge in [-0.25, -0.2) is 9.59 Å². The number of nitrogens with two attached hydrogens (primary N) is 2. The number of carbonyl (C=O) groups excluding carboxylic acids is 3. The topological polar surface area (TPSA) is 165 Å². The number of aliphatic hydroxyl groups is 2. The van der Waals surface area contributed by atoms with Gasteiger partial charge in [0.15, 0.2) is 0 Å². The largest absolute Gasteiger partial charge is 0.459 e. The molecule has 4 rings (SSSR count). The summed E-state index contributed by atoms with van der Waals surface area (Å²) in [7, 11) is 0.746. The molecule has 0 unspecified atom stereocenters. The van der Waals surface area contributed by atoms with Crippen LogP contribution in [0.1, 0.15) is 42.4 Å². The summed E-state index contributed by atoms with van der Waals surface area (Å²) in [5.74, 6) is -13.9. The minimum absolute atomic E-state index is 0.0595. The average molecular weight is 824 g/mol. The standard InChI is InChI=1S/C41H44F7N3O7/c1-51(24-39(42,43)40(44,45)41(46,47)48)36(54)20-11-26-9-7-25(8-10-26)5-3-2-4-6-33-31(27-12-15-29(16-13-27)57-37(55)34(49)22-52)18-14-28-21-30(17-19-32(28)33)58-38(56)35(50)23-53/h7-10,12-19,21,34-35,52-53H,2-6,11,20,22-24,49-50H2,1H3/t34-,35-/m0/s1. The number of benzene rings is 4. The molecule has 314 valence electrons. The maximum atomic E-state index is 13.7. The van der Waals surface area contributed by atoms with Crippen LogP contribution in [-0.4, -0.2) is 89.9 Å². The van der Waals surface area contributed by atoms with E-state index in [1.54, 1.807) is 48.5 Å². The number of hydrogen-bond donors (Lipinski definition) is 4. The van der Waals surface area contributed by atoms with E-state index in [2.05, 4.69) is 0 Å². The molecule has 0 aliphatic heterocycles. The van der Waals surface area contributed by atoms with Gasteiger partial charge in [-0.15, -0.1) is 0 Å². The van der Waals surface area contributed by atoms with Crippen LogP contribution in [-0.2, 0) is 33.6 Å². The van der Waals surface area contributed by atoms with Crippen molar-refractivity contribution in [1.29, 1.82) is 0 Å². The third-order valence-corrected chi connectivity index (χ3v) is 9.42. The molecule has 0 bridgehead atoms. The summed E-state index contributed by atoms with van der Waals surface area (Å²) < 4.78 is 102. The van der Waals surface area contributed by atoms with Gasteiger partial charge < -0.3 is 36.1 Å². The fourth-order valence-corrected chi connectivity index (χ4v) is 6.03. The molecule has 0 fully saturated rings. The summed E-state index contributed by atoms with van der Waals surface area (Å²) in [5.41, 5.74) is 15.5. The van der Waals surface area contributed by atoms with Crippen molar-refractivity contribution in [3.8, 4) is 22.6 Å². The summed E-state index contributed by atoms with van der Waals surface area (Å²) in [5, 5.41) is 20.0. The van der Waals surface area contributed by atoms with Crippen molar-refractivity contribution < 1.29 is 64.8 Å². The van der Waals surface area contributed by atoms with E-state index in [0.717, 1.165) is 59.3 Å². The lowest BCUT2D eigenvalue weighted by molar-refractivity contribution is -0.355. The van der Waals surface area contributed by atoms with E-state index in [0.29, 0.717) is 18.4 Å². The molecule has 0 aliphatic rings. The summed E-state index contributed by atoms with van der Waals surface area (Å²) in [6.07, 6.45) is -3.01. The molecule has 0 aliphatic carbocycles. The summed E-state index contributed by atoms with van der Waals surface area (Å²) in [4.78, 5) is 36.7. The minimum atomic E-state index is -6.47. The number of ether oxygens (including phenoxy) is 2. The minimum Gasteiger partial charge on any atom is -0.425 e.